The van der Waals surface area contributed by atoms with Gasteiger partial charge in [0.1, 0.15) is 0 Å². The molecule has 1 amide bonds. The number of carbonyl (C=O) groups excluding carboxylic acids is 1. The minimum absolute atomic E-state index is 0.248. The van der Waals surface area contributed by atoms with Crippen molar-refractivity contribution in [3.8, 4) is 0 Å². The van der Waals surface area contributed by atoms with Gasteiger partial charge in [-0.3, -0.25) is 4.79 Å². The Morgan fingerprint density at radius 2 is 1.89 bits per heavy atom. The van der Waals surface area contributed by atoms with Gasteiger partial charge in [0.2, 0.25) is 5.91 Å². The molecular formula is C15H18ClNO. The molecule has 18 heavy (non-hydrogen) atoms. The lowest BCUT2D eigenvalue weighted by atomic mass is 9.93. The summed E-state index contributed by atoms with van der Waals surface area (Å²) in [6.45, 7) is 1.86. The molecule has 1 aliphatic heterocycles. The van der Waals surface area contributed by atoms with Crippen LogP contribution in [0.3, 0.4) is 0 Å². The number of hydrogen-bond acceptors (Lipinski definition) is 1. The third-order valence-corrected chi connectivity index (χ3v) is 4.41. The second kappa shape index (κ2) is 4.58. The lowest BCUT2D eigenvalue weighted by molar-refractivity contribution is -0.134. The van der Waals surface area contributed by atoms with Crippen molar-refractivity contribution in [3.05, 3.63) is 34.9 Å². The molecule has 2 aliphatic rings. The fraction of sp³-hybridized carbons (Fsp3) is 0.533. The molecule has 0 aromatic heterocycles. The van der Waals surface area contributed by atoms with Crippen LogP contribution < -0.4 is 0 Å². The van der Waals surface area contributed by atoms with Crippen LogP contribution in [0.5, 0.6) is 0 Å². The Hall–Kier alpha value is -1.02. The van der Waals surface area contributed by atoms with E-state index in [0.29, 0.717) is 5.91 Å². The zero-order valence-corrected chi connectivity index (χ0v) is 11.2. The molecule has 0 radical (unpaired) electrons. The van der Waals surface area contributed by atoms with Gasteiger partial charge >= 0.3 is 0 Å². The average Bonchev–Trinajstić information content (AvgIpc) is 3.20. The third-order valence-electron chi connectivity index (χ3n) is 4.18. The smallest absolute Gasteiger partial charge is 0.233 e. The Kier molecular flexibility index (Phi) is 3.06. The summed E-state index contributed by atoms with van der Waals surface area (Å²) in [7, 11) is 0. The van der Waals surface area contributed by atoms with Gasteiger partial charge in [-0.05, 0) is 49.8 Å². The van der Waals surface area contributed by atoms with E-state index in [1.165, 1.54) is 6.42 Å². The van der Waals surface area contributed by atoms with E-state index < -0.39 is 0 Å². The number of rotatable bonds is 2. The molecule has 1 saturated carbocycles. The first-order chi connectivity index (χ1) is 8.72. The topological polar surface area (TPSA) is 20.3 Å². The van der Waals surface area contributed by atoms with Crippen molar-refractivity contribution in [2.24, 2.45) is 0 Å². The monoisotopic (exact) mass is 263 g/mol. The lowest BCUT2D eigenvalue weighted by Crippen LogP contribution is -2.42. The van der Waals surface area contributed by atoms with E-state index in [2.05, 4.69) is 4.90 Å². The number of halogens is 1. The van der Waals surface area contributed by atoms with Gasteiger partial charge in [-0.1, -0.05) is 23.7 Å². The van der Waals surface area contributed by atoms with Crippen LogP contribution in [0.4, 0.5) is 0 Å². The number of hydrogen-bond donors (Lipinski definition) is 0. The number of piperidine rings is 1. The average molecular weight is 264 g/mol. The van der Waals surface area contributed by atoms with Gasteiger partial charge in [-0.2, -0.15) is 0 Å². The molecule has 2 fully saturated rings. The van der Waals surface area contributed by atoms with E-state index in [0.717, 1.165) is 49.4 Å². The van der Waals surface area contributed by atoms with Crippen molar-refractivity contribution < 1.29 is 4.79 Å². The van der Waals surface area contributed by atoms with Gasteiger partial charge < -0.3 is 4.90 Å². The Labute approximate surface area is 113 Å². The van der Waals surface area contributed by atoms with E-state index in [-0.39, 0.29) is 5.41 Å². The van der Waals surface area contributed by atoms with E-state index >= 15 is 0 Å². The highest BCUT2D eigenvalue weighted by molar-refractivity contribution is 6.30. The lowest BCUT2D eigenvalue weighted by Gasteiger charge is -2.30. The first-order valence-electron chi connectivity index (χ1n) is 6.78. The number of amides is 1. The number of nitrogens with zero attached hydrogens (tertiary/aromatic N) is 1. The maximum absolute atomic E-state index is 12.7. The molecule has 1 saturated heterocycles. The molecule has 1 heterocycles. The Morgan fingerprint density at radius 1 is 1.17 bits per heavy atom. The van der Waals surface area contributed by atoms with Crippen LogP contribution in [0.2, 0.25) is 5.02 Å². The molecule has 0 spiro atoms. The van der Waals surface area contributed by atoms with Gasteiger partial charge in [-0.25, -0.2) is 0 Å². The van der Waals surface area contributed by atoms with Crippen molar-refractivity contribution in [3.63, 3.8) is 0 Å². The Bertz CT molecular complexity index is 461. The molecule has 96 valence electrons. The minimum Gasteiger partial charge on any atom is -0.342 e. The van der Waals surface area contributed by atoms with Gasteiger partial charge in [0.15, 0.2) is 0 Å². The summed E-state index contributed by atoms with van der Waals surface area (Å²) in [6, 6.07) is 7.81. The highest BCUT2D eigenvalue weighted by Crippen LogP contribution is 2.50. The Balaban J connectivity index is 1.84. The van der Waals surface area contributed by atoms with E-state index in [1.807, 2.05) is 24.3 Å². The SMILES string of the molecule is O=C(N1CCCCC1)C1(c2cccc(Cl)c2)CC1. The molecular weight excluding hydrogens is 246 g/mol. The third kappa shape index (κ3) is 2.03. The van der Waals surface area contributed by atoms with E-state index in [1.54, 1.807) is 0 Å². The maximum atomic E-state index is 12.7. The molecule has 3 rings (SSSR count). The summed E-state index contributed by atoms with van der Waals surface area (Å²) in [6.07, 6.45) is 5.51. The van der Waals surface area contributed by atoms with Crippen LogP contribution in [0.25, 0.3) is 0 Å². The maximum Gasteiger partial charge on any atom is 0.233 e. The minimum atomic E-state index is -0.248. The molecule has 2 nitrogen and oxygen atoms in total. The summed E-state index contributed by atoms with van der Waals surface area (Å²) < 4.78 is 0. The molecule has 0 bridgehead atoms. The quantitative estimate of drug-likeness (QED) is 0.801. The molecule has 0 atom stereocenters. The molecule has 3 heteroatoms. The standard InChI is InChI=1S/C15H18ClNO/c16-13-6-4-5-12(11-13)15(7-8-15)14(18)17-9-2-1-3-10-17/h4-6,11H,1-3,7-10H2. The predicted octanol–water partition coefficient (Wildman–Crippen LogP) is 3.38. The van der Waals surface area contributed by atoms with Crippen molar-refractivity contribution in [1.82, 2.24) is 4.90 Å². The van der Waals surface area contributed by atoms with Crippen molar-refractivity contribution in [2.45, 2.75) is 37.5 Å². The van der Waals surface area contributed by atoms with Crippen molar-refractivity contribution >= 4 is 17.5 Å². The van der Waals surface area contributed by atoms with Gasteiger partial charge in [0.05, 0.1) is 5.41 Å². The van der Waals surface area contributed by atoms with Crippen LogP contribution in [0, 0.1) is 0 Å². The highest BCUT2D eigenvalue weighted by Gasteiger charge is 2.53. The second-order valence-electron chi connectivity index (χ2n) is 5.45. The number of likely N-dealkylation sites (tertiary alicyclic amines) is 1. The van der Waals surface area contributed by atoms with Gasteiger partial charge in [-0.15, -0.1) is 0 Å². The van der Waals surface area contributed by atoms with Crippen molar-refractivity contribution in [1.29, 1.82) is 0 Å². The zero-order valence-electron chi connectivity index (χ0n) is 10.5. The van der Waals surface area contributed by atoms with Crippen LogP contribution in [-0.4, -0.2) is 23.9 Å². The zero-order chi connectivity index (χ0) is 12.6. The molecule has 1 aliphatic carbocycles. The first kappa shape index (κ1) is 12.0. The van der Waals surface area contributed by atoms with Crippen LogP contribution in [0.1, 0.15) is 37.7 Å². The summed E-state index contributed by atoms with van der Waals surface area (Å²) in [4.78, 5) is 14.7. The number of benzene rings is 1. The Morgan fingerprint density at radius 3 is 2.50 bits per heavy atom. The highest BCUT2D eigenvalue weighted by atomic mass is 35.5. The van der Waals surface area contributed by atoms with Crippen molar-refractivity contribution in [2.75, 3.05) is 13.1 Å². The van der Waals surface area contributed by atoms with Crippen LogP contribution in [-0.2, 0) is 10.2 Å². The number of carbonyl (C=O) groups is 1. The van der Waals surface area contributed by atoms with Gasteiger partial charge in [0.25, 0.3) is 0 Å². The molecule has 1 aromatic carbocycles. The predicted molar refractivity (Wildman–Crippen MR) is 72.8 cm³/mol. The normalized spacial score (nSPS) is 21.7. The summed E-state index contributed by atoms with van der Waals surface area (Å²) >= 11 is 6.04. The van der Waals surface area contributed by atoms with Crippen LogP contribution >= 0.6 is 11.6 Å². The fourth-order valence-corrected chi connectivity index (χ4v) is 3.13. The fourth-order valence-electron chi connectivity index (χ4n) is 2.94. The van der Waals surface area contributed by atoms with E-state index in [4.69, 9.17) is 11.6 Å². The molecule has 0 unspecified atom stereocenters. The van der Waals surface area contributed by atoms with Gasteiger partial charge in [0, 0.05) is 18.1 Å². The summed E-state index contributed by atoms with van der Waals surface area (Å²) in [5.74, 6) is 0.324. The second-order valence-corrected chi connectivity index (χ2v) is 5.88. The molecule has 0 N–H and O–H groups in total. The molecule has 1 aromatic rings. The summed E-state index contributed by atoms with van der Waals surface area (Å²) in [5.41, 5.74) is 0.855. The van der Waals surface area contributed by atoms with E-state index in [9.17, 15) is 4.79 Å². The largest absolute Gasteiger partial charge is 0.342 e. The van der Waals surface area contributed by atoms with Crippen LogP contribution in [0.15, 0.2) is 24.3 Å². The summed E-state index contributed by atoms with van der Waals surface area (Å²) in [5, 5.41) is 0.727. The first-order valence-corrected chi connectivity index (χ1v) is 7.16.